The molecule has 0 spiro atoms. The molecule has 4 rings (SSSR count). The van der Waals surface area contributed by atoms with Gasteiger partial charge in [0, 0.05) is 24.7 Å². The van der Waals surface area contributed by atoms with Crippen LogP contribution in [0, 0.1) is 6.92 Å². The zero-order valence-electron chi connectivity index (χ0n) is 16.5. The van der Waals surface area contributed by atoms with E-state index in [0.29, 0.717) is 37.7 Å². The summed E-state index contributed by atoms with van der Waals surface area (Å²) in [5.41, 5.74) is 2.32. The molecule has 0 aromatic heterocycles. The first-order chi connectivity index (χ1) is 13.8. The van der Waals surface area contributed by atoms with Crippen molar-refractivity contribution in [1.82, 2.24) is 4.72 Å². The van der Waals surface area contributed by atoms with Gasteiger partial charge in [-0.25, -0.2) is 13.1 Å². The van der Waals surface area contributed by atoms with Crippen LogP contribution in [0.5, 0.6) is 11.5 Å². The molecule has 8 heteroatoms. The van der Waals surface area contributed by atoms with Crippen molar-refractivity contribution >= 4 is 21.6 Å². The van der Waals surface area contributed by atoms with Crippen LogP contribution >= 0.6 is 0 Å². The monoisotopic (exact) mass is 416 g/mol. The Morgan fingerprint density at radius 2 is 1.83 bits per heavy atom. The minimum absolute atomic E-state index is 0.0778. The summed E-state index contributed by atoms with van der Waals surface area (Å²) in [6.07, 6.45) is 1.36. The van der Waals surface area contributed by atoms with E-state index in [2.05, 4.69) is 4.72 Å². The number of carbonyl (C=O) groups excluding carboxylic acids is 1. The first kappa shape index (κ1) is 19.7. The highest BCUT2D eigenvalue weighted by atomic mass is 32.2. The van der Waals surface area contributed by atoms with Crippen LogP contribution in [-0.2, 0) is 14.8 Å². The van der Waals surface area contributed by atoms with Crippen LogP contribution in [0.2, 0.25) is 0 Å². The fourth-order valence-corrected chi connectivity index (χ4v) is 5.02. The van der Waals surface area contributed by atoms with E-state index >= 15 is 0 Å². The smallest absolute Gasteiger partial charge is 0.241 e. The standard InChI is InChI=1S/C21H24N2O5S/c1-14-12-17(6-7-18(14)23-9-3-4-21(23)24)29(25,26)22-15(2)16-5-8-19-20(13-16)28-11-10-27-19/h5-8,12-13,15,22H,3-4,9-11H2,1-2H3/t15-/m0/s1. The Kier molecular flexibility index (Phi) is 5.23. The lowest BCUT2D eigenvalue weighted by Crippen LogP contribution is -2.28. The fourth-order valence-electron chi connectivity index (χ4n) is 3.70. The molecule has 0 radical (unpaired) electrons. The molecule has 29 heavy (non-hydrogen) atoms. The lowest BCUT2D eigenvalue weighted by atomic mass is 10.1. The number of aryl methyl sites for hydroxylation is 1. The molecule has 2 heterocycles. The van der Waals surface area contributed by atoms with Crippen molar-refractivity contribution in [2.24, 2.45) is 0 Å². The van der Waals surface area contributed by atoms with E-state index in [9.17, 15) is 13.2 Å². The summed E-state index contributed by atoms with van der Waals surface area (Å²) < 4.78 is 39.6. The fraction of sp³-hybridized carbons (Fsp3) is 0.381. The molecule has 1 amide bonds. The van der Waals surface area contributed by atoms with E-state index in [1.54, 1.807) is 42.2 Å². The number of hydrogen-bond donors (Lipinski definition) is 1. The number of hydrogen-bond acceptors (Lipinski definition) is 5. The van der Waals surface area contributed by atoms with Gasteiger partial charge in [0.1, 0.15) is 13.2 Å². The molecule has 2 aromatic rings. The summed E-state index contributed by atoms with van der Waals surface area (Å²) in [6.45, 7) is 5.26. The summed E-state index contributed by atoms with van der Waals surface area (Å²) in [6, 6.07) is 9.84. The highest BCUT2D eigenvalue weighted by molar-refractivity contribution is 7.89. The largest absolute Gasteiger partial charge is 0.486 e. The van der Waals surface area contributed by atoms with E-state index in [1.807, 2.05) is 13.0 Å². The van der Waals surface area contributed by atoms with Crippen molar-refractivity contribution in [3.05, 3.63) is 47.5 Å². The SMILES string of the molecule is Cc1cc(S(=O)(=O)N[C@@H](C)c2ccc3c(c2)OCCO3)ccc1N1CCCC1=O. The average Bonchev–Trinajstić information content (AvgIpc) is 3.12. The topological polar surface area (TPSA) is 84.9 Å². The molecule has 1 atom stereocenters. The highest BCUT2D eigenvalue weighted by Crippen LogP contribution is 2.33. The van der Waals surface area contributed by atoms with E-state index in [-0.39, 0.29) is 10.8 Å². The Hall–Kier alpha value is -2.58. The predicted octanol–water partition coefficient (Wildman–Crippen LogP) is 2.93. The van der Waals surface area contributed by atoms with E-state index in [0.717, 1.165) is 23.2 Å². The van der Waals surface area contributed by atoms with Crippen LogP contribution in [0.15, 0.2) is 41.3 Å². The van der Waals surface area contributed by atoms with Crippen LogP contribution in [0.3, 0.4) is 0 Å². The highest BCUT2D eigenvalue weighted by Gasteiger charge is 2.25. The molecule has 2 aromatic carbocycles. The third kappa shape index (κ3) is 3.95. The molecule has 1 fully saturated rings. The minimum atomic E-state index is -3.73. The van der Waals surface area contributed by atoms with Gasteiger partial charge in [-0.05, 0) is 61.7 Å². The second-order valence-corrected chi connectivity index (χ2v) is 9.06. The Bertz CT molecular complexity index is 1050. The summed E-state index contributed by atoms with van der Waals surface area (Å²) in [4.78, 5) is 13.9. The van der Waals surface area contributed by atoms with Crippen LogP contribution in [0.25, 0.3) is 0 Å². The third-order valence-electron chi connectivity index (χ3n) is 5.24. The molecule has 2 aliphatic heterocycles. The van der Waals surface area contributed by atoms with Crippen LogP contribution in [-0.4, -0.2) is 34.1 Å². The zero-order chi connectivity index (χ0) is 20.6. The summed E-state index contributed by atoms with van der Waals surface area (Å²) >= 11 is 0. The second-order valence-electron chi connectivity index (χ2n) is 7.34. The first-order valence-corrected chi connectivity index (χ1v) is 11.2. The quantitative estimate of drug-likeness (QED) is 0.810. The number of amides is 1. The maximum Gasteiger partial charge on any atom is 0.241 e. The van der Waals surface area contributed by atoms with Gasteiger partial charge in [-0.3, -0.25) is 4.79 Å². The molecule has 1 N–H and O–H groups in total. The summed E-state index contributed by atoms with van der Waals surface area (Å²) in [5, 5.41) is 0. The third-order valence-corrected chi connectivity index (χ3v) is 6.78. The molecule has 1 saturated heterocycles. The maximum absolute atomic E-state index is 12.9. The lowest BCUT2D eigenvalue weighted by molar-refractivity contribution is -0.117. The molecular weight excluding hydrogens is 392 g/mol. The molecule has 154 valence electrons. The Morgan fingerprint density at radius 1 is 1.07 bits per heavy atom. The van der Waals surface area contributed by atoms with Gasteiger partial charge >= 0.3 is 0 Å². The van der Waals surface area contributed by atoms with Crippen LogP contribution in [0.1, 0.15) is 36.9 Å². The number of nitrogens with one attached hydrogen (secondary N) is 1. The van der Waals surface area contributed by atoms with Crippen molar-refractivity contribution in [2.45, 2.75) is 37.6 Å². The van der Waals surface area contributed by atoms with Crippen molar-refractivity contribution in [3.8, 4) is 11.5 Å². The van der Waals surface area contributed by atoms with Gasteiger partial charge < -0.3 is 14.4 Å². The zero-order valence-corrected chi connectivity index (χ0v) is 17.3. The Labute approximate surface area is 170 Å². The van der Waals surface area contributed by atoms with Gasteiger partial charge in [-0.2, -0.15) is 0 Å². The molecular formula is C21H24N2O5S. The second kappa shape index (κ2) is 7.68. The summed E-state index contributed by atoms with van der Waals surface area (Å²) in [7, 11) is -3.73. The molecule has 0 aliphatic carbocycles. The van der Waals surface area contributed by atoms with Gasteiger partial charge in [0.25, 0.3) is 0 Å². The van der Waals surface area contributed by atoms with Crippen molar-refractivity contribution in [2.75, 3.05) is 24.7 Å². The number of nitrogens with zero attached hydrogens (tertiary/aromatic N) is 1. The van der Waals surface area contributed by atoms with Gasteiger partial charge in [-0.15, -0.1) is 0 Å². The average molecular weight is 416 g/mol. The van der Waals surface area contributed by atoms with Gasteiger partial charge in [0.2, 0.25) is 15.9 Å². The van der Waals surface area contributed by atoms with Crippen molar-refractivity contribution in [1.29, 1.82) is 0 Å². The molecule has 7 nitrogen and oxygen atoms in total. The molecule has 0 unspecified atom stereocenters. The number of carbonyl (C=O) groups is 1. The number of rotatable bonds is 5. The van der Waals surface area contributed by atoms with Gasteiger partial charge in [0.15, 0.2) is 11.5 Å². The van der Waals surface area contributed by atoms with Crippen LogP contribution < -0.4 is 19.1 Å². The Balaban J connectivity index is 1.54. The van der Waals surface area contributed by atoms with Crippen molar-refractivity contribution in [3.63, 3.8) is 0 Å². The minimum Gasteiger partial charge on any atom is -0.486 e. The molecule has 0 saturated carbocycles. The van der Waals surface area contributed by atoms with Gasteiger partial charge in [-0.1, -0.05) is 6.07 Å². The predicted molar refractivity (Wildman–Crippen MR) is 109 cm³/mol. The number of anilines is 1. The number of benzene rings is 2. The van der Waals surface area contributed by atoms with E-state index < -0.39 is 16.1 Å². The van der Waals surface area contributed by atoms with Gasteiger partial charge in [0.05, 0.1) is 4.90 Å². The van der Waals surface area contributed by atoms with Crippen molar-refractivity contribution < 1.29 is 22.7 Å². The normalized spacial score (nSPS) is 17.4. The summed E-state index contributed by atoms with van der Waals surface area (Å²) in [5.74, 6) is 1.36. The van der Waals surface area contributed by atoms with E-state index in [4.69, 9.17) is 9.47 Å². The van der Waals surface area contributed by atoms with Crippen LogP contribution in [0.4, 0.5) is 5.69 Å². The number of fused-ring (bicyclic) bond motifs is 1. The Morgan fingerprint density at radius 3 is 2.52 bits per heavy atom. The first-order valence-electron chi connectivity index (χ1n) is 9.68. The molecule has 0 bridgehead atoms. The van der Waals surface area contributed by atoms with E-state index in [1.165, 1.54) is 0 Å². The number of sulfonamides is 1. The maximum atomic E-state index is 12.9. The molecule has 2 aliphatic rings. The lowest BCUT2D eigenvalue weighted by Gasteiger charge is -2.22. The number of ether oxygens (including phenoxy) is 2.